The van der Waals surface area contributed by atoms with Gasteiger partial charge in [-0.05, 0) is 43.6 Å². The highest BCUT2D eigenvalue weighted by Crippen LogP contribution is 2.48. The summed E-state index contributed by atoms with van der Waals surface area (Å²) in [7, 11) is 0. The average Bonchev–Trinajstić information content (AvgIpc) is 2.26. The number of allylic oxidation sites excluding steroid dienone is 6. The Bertz CT molecular complexity index is 487. The summed E-state index contributed by atoms with van der Waals surface area (Å²) in [5.41, 5.74) is 2.71. The van der Waals surface area contributed by atoms with Gasteiger partial charge in [-0.15, -0.1) is 0 Å². The SMILES string of the molecule is CC(C)=C1C[C@@]2(C)C(=CC1=O)C=CC(=O)[C@@H]2C. The van der Waals surface area contributed by atoms with Gasteiger partial charge in [0.05, 0.1) is 0 Å². The van der Waals surface area contributed by atoms with E-state index in [0.717, 1.165) is 16.7 Å². The number of rotatable bonds is 0. The first kappa shape index (κ1) is 12.0. The van der Waals surface area contributed by atoms with Crippen molar-refractivity contribution in [3.8, 4) is 0 Å². The molecule has 0 saturated heterocycles. The third-order valence-electron chi connectivity index (χ3n) is 4.20. The molecule has 2 nitrogen and oxygen atoms in total. The van der Waals surface area contributed by atoms with Crippen molar-refractivity contribution in [2.75, 3.05) is 0 Å². The van der Waals surface area contributed by atoms with Crippen LogP contribution in [0.5, 0.6) is 0 Å². The molecule has 2 rings (SSSR count). The van der Waals surface area contributed by atoms with Gasteiger partial charge in [0.1, 0.15) is 0 Å². The molecule has 0 heterocycles. The summed E-state index contributed by atoms with van der Waals surface area (Å²) in [4.78, 5) is 23.8. The first-order valence-corrected chi connectivity index (χ1v) is 6.01. The molecule has 2 atom stereocenters. The van der Waals surface area contributed by atoms with E-state index >= 15 is 0 Å². The van der Waals surface area contributed by atoms with Gasteiger partial charge >= 0.3 is 0 Å². The van der Waals surface area contributed by atoms with Gasteiger partial charge in [0.2, 0.25) is 0 Å². The van der Waals surface area contributed by atoms with Crippen LogP contribution in [-0.4, -0.2) is 11.6 Å². The number of fused-ring (bicyclic) bond motifs is 1. The maximum atomic E-state index is 12.0. The maximum absolute atomic E-state index is 12.0. The third-order valence-corrected chi connectivity index (χ3v) is 4.20. The number of hydrogen-bond donors (Lipinski definition) is 0. The van der Waals surface area contributed by atoms with Crippen LogP contribution in [0, 0.1) is 11.3 Å². The van der Waals surface area contributed by atoms with Crippen LogP contribution >= 0.6 is 0 Å². The summed E-state index contributed by atoms with van der Waals surface area (Å²) in [5, 5.41) is 0. The van der Waals surface area contributed by atoms with Crippen molar-refractivity contribution in [3.63, 3.8) is 0 Å². The summed E-state index contributed by atoms with van der Waals surface area (Å²) in [6, 6.07) is 0. The Balaban J connectivity index is 2.58. The number of hydrogen-bond acceptors (Lipinski definition) is 2. The van der Waals surface area contributed by atoms with Gasteiger partial charge in [0.15, 0.2) is 11.6 Å². The Kier molecular flexibility index (Phi) is 2.69. The van der Waals surface area contributed by atoms with Crippen LogP contribution in [0.1, 0.15) is 34.1 Å². The lowest BCUT2D eigenvalue weighted by molar-refractivity contribution is -0.121. The molecule has 0 aromatic heterocycles. The van der Waals surface area contributed by atoms with Gasteiger partial charge in [-0.2, -0.15) is 0 Å². The molecule has 0 radical (unpaired) electrons. The van der Waals surface area contributed by atoms with Crippen molar-refractivity contribution in [1.82, 2.24) is 0 Å². The molecular formula is C15H18O2. The largest absolute Gasteiger partial charge is 0.295 e. The fourth-order valence-electron chi connectivity index (χ4n) is 2.64. The molecule has 0 aromatic carbocycles. The number of carbonyl (C=O) groups is 2. The normalized spacial score (nSPS) is 32.4. The first-order chi connectivity index (χ1) is 7.86. The van der Waals surface area contributed by atoms with Crippen LogP contribution < -0.4 is 0 Å². The molecule has 0 spiro atoms. The van der Waals surface area contributed by atoms with Crippen molar-refractivity contribution in [1.29, 1.82) is 0 Å². The van der Waals surface area contributed by atoms with E-state index in [-0.39, 0.29) is 22.9 Å². The van der Waals surface area contributed by atoms with E-state index in [4.69, 9.17) is 0 Å². The Morgan fingerprint density at radius 2 is 1.94 bits per heavy atom. The molecule has 0 bridgehead atoms. The molecular weight excluding hydrogens is 212 g/mol. The minimum Gasteiger partial charge on any atom is -0.295 e. The molecule has 2 aliphatic carbocycles. The zero-order valence-corrected chi connectivity index (χ0v) is 10.8. The van der Waals surface area contributed by atoms with E-state index in [1.54, 1.807) is 12.2 Å². The molecule has 0 saturated carbocycles. The molecule has 90 valence electrons. The predicted octanol–water partition coefficient (Wildman–Crippen LogP) is 3.00. The molecule has 0 aromatic rings. The summed E-state index contributed by atoms with van der Waals surface area (Å²) in [6.45, 7) is 7.96. The Morgan fingerprint density at radius 1 is 1.29 bits per heavy atom. The second-order valence-electron chi connectivity index (χ2n) is 5.49. The molecule has 0 unspecified atom stereocenters. The summed E-state index contributed by atoms with van der Waals surface area (Å²) < 4.78 is 0. The van der Waals surface area contributed by atoms with E-state index < -0.39 is 0 Å². The molecule has 0 fully saturated rings. The molecule has 2 aliphatic rings. The maximum Gasteiger partial charge on any atom is 0.182 e. The zero-order chi connectivity index (χ0) is 12.8. The fraction of sp³-hybridized carbons (Fsp3) is 0.467. The molecule has 0 amide bonds. The van der Waals surface area contributed by atoms with Crippen molar-refractivity contribution < 1.29 is 9.59 Å². The van der Waals surface area contributed by atoms with E-state index in [0.29, 0.717) is 6.42 Å². The highest BCUT2D eigenvalue weighted by atomic mass is 16.1. The van der Waals surface area contributed by atoms with Gasteiger partial charge in [-0.25, -0.2) is 0 Å². The molecule has 17 heavy (non-hydrogen) atoms. The molecule has 0 N–H and O–H groups in total. The lowest BCUT2D eigenvalue weighted by Crippen LogP contribution is -2.38. The highest BCUT2D eigenvalue weighted by molar-refractivity contribution is 6.07. The van der Waals surface area contributed by atoms with Crippen LogP contribution in [0.15, 0.2) is 34.9 Å². The van der Waals surface area contributed by atoms with Crippen LogP contribution in [-0.2, 0) is 9.59 Å². The van der Waals surface area contributed by atoms with Crippen molar-refractivity contribution in [2.24, 2.45) is 11.3 Å². The van der Waals surface area contributed by atoms with Crippen LogP contribution in [0.25, 0.3) is 0 Å². The van der Waals surface area contributed by atoms with Crippen LogP contribution in [0.4, 0.5) is 0 Å². The minimum atomic E-state index is -0.216. The standard InChI is InChI=1S/C15H18O2/c1-9(2)12-8-15(4)10(3)13(16)6-5-11(15)7-14(12)17/h5-7,10H,8H2,1-4H3/t10-,15+/m0/s1. The second kappa shape index (κ2) is 3.80. The van der Waals surface area contributed by atoms with Gasteiger partial charge in [0, 0.05) is 11.3 Å². The van der Waals surface area contributed by atoms with Crippen LogP contribution in [0.3, 0.4) is 0 Å². The van der Waals surface area contributed by atoms with Crippen molar-refractivity contribution in [3.05, 3.63) is 34.9 Å². The van der Waals surface area contributed by atoms with Gasteiger partial charge in [0.25, 0.3) is 0 Å². The Labute approximate surface area is 102 Å². The third kappa shape index (κ3) is 1.72. The smallest absolute Gasteiger partial charge is 0.182 e. The average molecular weight is 230 g/mol. The van der Waals surface area contributed by atoms with Gasteiger partial charge < -0.3 is 0 Å². The molecule has 2 heteroatoms. The summed E-state index contributed by atoms with van der Waals surface area (Å²) >= 11 is 0. The van der Waals surface area contributed by atoms with Gasteiger partial charge in [-0.3, -0.25) is 9.59 Å². The quantitative estimate of drug-likeness (QED) is 0.599. The van der Waals surface area contributed by atoms with E-state index in [1.165, 1.54) is 0 Å². The lowest BCUT2D eigenvalue weighted by Gasteiger charge is -2.41. The predicted molar refractivity (Wildman–Crippen MR) is 67.5 cm³/mol. The first-order valence-electron chi connectivity index (χ1n) is 6.01. The highest BCUT2D eigenvalue weighted by Gasteiger charge is 2.43. The summed E-state index contributed by atoms with van der Waals surface area (Å²) in [6.07, 6.45) is 5.78. The van der Waals surface area contributed by atoms with Gasteiger partial charge in [-0.1, -0.05) is 25.5 Å². The number of ketones is 2. The number of carbonyl (C=O) groups excluding carboxylic acids is 2. The summed E-state index contributed by atoms with van der Waals surface area (Å²) in [5.74, 6) is 0.206. The fourth-order valence-corrected chi connectivity index (χ4v) is 2.64. The van der Waals surface area contributed by atoms with Crippen molar-refractivity contribution >= 4 is 11.6 Å². The minimum absolute atomic E-state index is 0.0544. The van der Waals surface area contributed by atoms with E-state index in [2.05, 4.69) is 6.92 Å². The monoisotopic (exact) mass is 230 g/mol. The van der Waals surface area contributed by atoms with Crippen molar-refractivity contribution in [2.45, 2.75) is 34.1 Å². The topological polar surface area (TPSA) is 34.1 Å². The molecule has 0 aliphatic heterocycles. The Morgan fingerprint density at radius 3 is 2.53 bits per heavy atom. The zero-order valence-electron chi connectivity index (χ0n) is 10.8. The van der Waals surface area contributed by atoms with E-state index in [9.17, 15) is 9.59 Å². The lowest BCUT2D eigenvalue weighted by atomic mass is 9.61. The Hall–Kier alpha value is -1.44. The second-order valence-corrected chi connectivity index (χ2v) is 5.49. The van der Waals surface area contributed by atoms with E-state index in [1.807, 2.05) is 26.8 Å². The van der Waals surface area contributed by atoms with Crippen LogP contribution in [0.2, 0.25) is 0 Å².